The molecule has 3 heteroatoms. The van der Waals surface area contributed by atoms with E-state index in [9.17, 15) is 0 Å². The molecule has 74 valence electrons. The fourth-order valence-electron chi connectivity index (χ4n) is 1.28. The van der Waals surface area contributed by atoms with E-state index in [0.29, 0.717) is 5.92 Å². The number of rotatable bonds is 5. The standard InChI is InChI=1S/C10H19N3/c1-4-13-10(5-6-12-13)8-11-7-9(2)3/h5-6,9,11H,4,7-8H2,1-3H3. The van der Waals surface area contributed by atoms with Gasteiger partial charge in [0, 0.05) is 19.3 Å². The second kappa shape index (κ2) is 5.02. The summed E-state index contributed by atoms with van der Waals surface area (Å²) in [5, 5.41) is 7.61. The second-order valence-corrected chi connectivity index (χ2v) is 3.66. The molecular weight excluding hydrogens is 162 g/mol. The lowest BCUT2D eigenvalue weighted by atomic mass is 10.2. The van der Waals surface area contributed by atoms with E-state index >= 15 is 0 Å². The highest BCUT2D eigenvalue weighted by Gasteiger charge is 1.99. The SMILES string of the molecule is CCn1nccc1CNCC(C)C. The molecule has 0 aliphatic rings. The van der Waals surface area contributed by atoms with Gasteiger partial charge in [0.05, 0.1) is 5.69 Å². The Morgan fingerprint density at radius 3 is 2.92 bits per heavy atom. The molecule has 1 N–H and O–H groups in total. The van der Waals surface area contributed by atoms with Crippen molar-refractivity contribution < 1.29 is 0 Å². The Labute approximate surface area is 80.1 Å². The average molecular weight is 181 g/mol. The Kier molecular flexibility index (Phi) is 3.96. The lowest BCUT2D eigenvalue weighted by molar-refractivity contribution is 0.525. The first-order valence-corrected chi connectivity index (χ1v) is 4.95. The molecule has 3 nitrogen and oxygen atoms in total. The minimum atomic E-state index is 0.706. The van der Waals surface area contributed by atoms with Crippen LogP contribution in [0.5, 0.6) is 0 Å². The Balaban J connectivity index is 2.36. The van der Waals surface area contributed by atoms with E-state index in [1.54, 1.807) is 0 Å². The normalized spacial score (nSPS) is 11.1. The van der Waals surface area contributed by atoms with Crippen molar-refractivity contribution in [3.8, 4) is 0 Å². The van der Waals surface area contributed by atoms with Gasteiger partial charge < -0.3 is 5.32 Å². The highest BCUT2D eigenvalue weighted by molar-refractivity contribution is 4.99. The highest BCUT2D eigenvalue weighted by Crippen LogP contribution is 1.98. The first-order chi connectivity index (χ1) is 6.24. The summed E-state index contributed by atoms with van der Waals surface area (Å²) in [6, 6.07) is 2.07. The van der Waals surface area contributed by atoms with Crippen LogP contribution >= 0.6 is 0 Å². The Bertz CT molecular complexity index is 240. The molecule has 13 heavy (non-hydrogen) atoms. The molecule has 0 radical (unpaired) electrons. The van der Waals surface area contributed by atoms with Gasteiger partial charge >= 0.3 is 0 Å². The minimum Gasteiger partial charge on any atom is -0.311 e. The molecule has 0 saturated heterocycles. The van der Waals surface area contributed by atoms with E-state index < -0.39 is 0 Å². The van der Waals surface area contributed by atoms with Gasteiger partial charge in [-0.15, -0.1) is 0 Å². The van der Waals surface area contributed by atoms with Crippen molar-refractivity contribution in [1.29, 1.82) is 0 Å². The molecule has 0 aliphatic carbocycles. The van der Waals surface area contributed by atoms with E-state index in [1.165, 1.54) is 5.69 Å². The first kappa shape index (κ1) is 10.3. The summed E-state index contributed by atoms with van der Waals surface area (Å²) in [6.45, 7) is 9.47. The topological polar surface area (TPSA) is 29.9 Å². The van der Waals surface area contributed by atoms with Crippen molar-refractivity contribution >= 4 is 0 Å². The fraction of sp³-hybridized carbons (Fsp3) is 0.700. The van der Waals surface area contributed by atoms with Crippen molar-refractivity contribution in [2.24, 2.45) is 5.92 Å². The maximum absolute atomic E-state index is 4.21. The van der Waals surface area contributed by atoms with Gasteiger partial charge in [0.25, 0.3) is 0 Å². The Hall–Kier alpha value is -0.830. The van der Waals surface area contributed by atoms with Crippen LogP contribution in [0.4, 0.5) is 0 Å². The number of hydrogen-bond donors (Lipinski definition) is 1. The Morgan fingerprint density at radius 2 is 2.31 bits per heavy atom. The van der Waals surface area contributed by atoms with Crippen LogP contribution in [0.25, 0.3) is 0 Å². The van der Waals surface area contributed by atoms with Gasteiger partial charge in [0.2, 0.25) is 0 Å². The number of nitrogens with one attached hydrogen (secondary N) is 1. The monoisotopic (exact) mass is 181 g/mol. The maximum Gasteiger partial charge on any atom is 0.0521 e. The predicted molar refractivity (Wildman–Crippen MR) is 54.4 cm³/mol. The predicted octanol–water partition coefficient (Wildman–Crippen LogP) is 1.65. The van der Waals surface area contributed by atoms with Crippen molar-refractivity contribution in [3.63, 3.8) is 0 Å². The summed E-state index contributed by atoms with van der Waals surface area (Å²) < 4.78 is 2.02. The molecule has 1 aromatic heterocycles. The summed E-state index contributed by atoms with van der Waals surface area (Å²) in [5.74, 6) is 0.706. The zero-order chi connectivity index (χ0) is 9.68. The van der Waals surface area contributed by atoms with Crippen molar-refractivity contribution in [3.05, 3.63) is 18.0 Å². The molecular formula is C10H19N3. The smallest absolute Gasteiger partial charge is 0.0521 e. The van der Waals surface area contributed by atoms with E-state index in [2.05, 4.69) is 37.3 Å². The van der Waals surface area contributed by atoms with Crippen molar-refractivity contribution in [1.82, 2.24) is 15.1 Å². The third kappa shape index (κ3) is 3.19. The maximum atomic E-state index is 4.21. The zero-order valence-electron chi connectivity index (χ0n) is 8.75. The summed E-state index contributed by atoms with van der Waals surface area (Å²) in [6.07, 6.45) is 1.86. The molecule has 0 spiro atoms. The van der Waals surface area contributed by atoms with Crippen LogP contribution in [0.2, 0.25) is 0 Å². The molecule has 0 unspecified atom stereocenters. The molecule has 0 bridgehead atoms. The molecule has 0 atom stereocenters. The number of hydrogen-bond acceptors (Lipinski definition) is 2. The molecule has 0 aromatic carbocycles. The molecule has 0 saturated carbocycles. The van der Waals surface area contributed by atoms with Gasteiger partial charge in [0.1, 0.15) is 0 Å². The van der Waals surface area contributed by atoms with Gasteiger partial charge in [-0.1, -0.05) is 13.8 Å². The number of aryl methyl sites for hydroxylation is 1. The molecule has 0 fully saturated rings. The summed E-state index contributed by atoms with van der Waals surface area (Å²) in [5.41, 5.74) is 1.27. The van der Waals surface area contributed by atoms with Crippen LogP contribution in [0, 0.1) is 5.92 Å². The quantitative estimate of drug-likeness (QED) is 0.748. The average Bonchev–Trinajstić information content (AvgIpc) is 2.51. The van der Waals surface area contributed by atoms with Crippen LogP contribution < -0.4 is 5.32 Å². The summed E-state index contributed by atoms with van der Waals surface area (Å²) >= 11 is 0. The summed E-state index contributed by atoms with van der Waals surface area (Å²) in [7, 11) is 0. The van der Waals surface area contributed by atoms with E-state index in [0.717, 1.165) is 19.6 Å². The number of nitrogens with zero attached hydrogens (tertiary/aromatic N) is 2. The lowest BCUT2D eigenvalue weighted by Crippen LogP contribution is -2.20. The lowest BCUT2D eigenvalue weighted by Gasteiger charge is -2.08. The molecule has 0 amide bonds. The zero-order valence-corrected chi connectivity index (χ0v) is 8.75. The number of aromatic nitrogens is 2. The Morgan fingerprint density at radius 1 is 1.54 bits per heavy atom. The third-order valence-corrected chi connectivity index (χ3v) is 1.96. The van der Waals surface area contributed by atoms with Crippen molar-refractivity contribution in [2.75, 3.05) is 6.54 Å². The van der Waals surface area contributed by atoms with Crippen LogP contribution in [0.3, 0.4) is 0 Å². The van der Waals surface area contributed by atoms with Gasteiger partial charge in [-0.05, 0) is 25.5 Å². The molecule has 1 aromatic rings. The molecule has 1 rings (SSSR count). The third-order valence-electron chi connectivity index (χ3n) is 1.96. The summed E-state index contributed by atoms with van der Waals surface area (Å²) in [4.78, 5) is 0. The van der Waals surface area contributed by atoms with Crippen molar-refractivity contribution in [2.45, 2.75) is 33.9 Å². The van der Waals surface area contributed by atoms with Gasteiger partial charge in [0.15, 0.2) is 0 Å². The van der Waals surface area contributed by atoms with Crippen LogP contribution in [-0.4, -0.2) is 16.3 Å². The van der Waals surface area contributed by atoms with Crippen LogP contribution in [0.15, 0.2) is 12.3 Å². The van der Waals surface area contributed by atoms with E-state index in [4.69, 9.17) is 0 Å². The highest BCUT2D eigenvalue weighted by atomic mass is 15.3. The van der Waals surface area contributed by atoms with E-state index in [1.807, 2.05) is 10.9 Å². The van der Waals surface area contributed by atoms with Gasteiger partial charge in [-0.3, -0.25) is 4.68 Å². The largest absolute Gasteiger partial charge is 0.311 e. The molecule has 0 aliphatic heterocycles. The minimum absolute atomic E-state index is 0.706. The molecule has 1 heterocycles. The van der Waals surface area contributed by atoms with E-state index in [-0.39, 0.29) is 0 Å². The van der Waals surface area contributed by atoms with Crippen LogP contribution in [0.1, 0.15) is 26.5 Å². The van der Waals surface area contributed by atoms with Crippen LogP contribution in [-0.2, 0) is 13.1 Å². The second-order valence-electron chi connectivity index (χ2n) is 3.66. The van der Waals surface area contributed by atoms with Gasteiger partial charge in [-0.2, -0.15) is 5.10 Å². The first-order valence-electron chi connectivity index (χ1n) is 4.95. The van der Waals surface area contributed by atoms with Gasteiger partial charge in [-0.25, -0.2) is 0 Å². The fourth-order valence-corrected chi connectivity index (χ4v) is 1.28.